The summed E-state index contributed by atoms with van der Waals surface area (Å²) < 4.78 is 1.15. The van der Waals surface area contributed by atoms with E-state index >= 15 is 0 Å². The third kappa shape index (κ3) is 3.34. The highest BCUT2D eigenvalue weighted by Gasteiger charge is 2.20. The second kappa shape index (κ2) is 3.93. The second-order valence-electron chi connectivity index (χ2n) is 6.13. The van der Waals surface area contributed by atoms with E-state index in [9.17, 15) is 0 Å². The molecule has 0 aliphatic rings. The fourth-order valence-electron chi connectivity index (χ4n) is 1.34. The molecule has 1 radical (unpaired) electrons. The Morgan fingerprint density at radius 2 is 1.20 bits per heavy atom. The van der Waals surface area contributed by atoms with Crippen LogP contribution in [0.5, 0.6) is 0 Å². The van der Waals surface area contributed by atoms with Gasteiger partial charge in [-0.1, -0.05) is 57.5 Å². The lowest BCUT2D eigenvalue weighted by Crippen LogP contribution is -2.16. The first-order valence-corrected chi connectivity index (χ1v) is 6.14. The second-order valence-corrected chi connectivity index (χ2v) is 7.04. The van der Waals surface area contributed by atoms with E-state index in [0.29, 0.717) is 0 Å². The Morgan fingerprint density at radius 1 is 0.867 bits per heavy atom. The molecule has 0 aromatic heterocycles. The topological polar surface area (TPSA) is 0 Å². The molecule has 1 rings (SSSR count). The van der Waals surface area contributed by atoms with Gasteiger partial charge in [-0.15, -0.1) is 0 Å². The molecule has 15 heavy (non-hydrogen) atoms. The van der Waals surface area contributed by atoms with E-state index in [1.165, 1.54) is 11.1 Å². The highest BCUT2D eigenvalue weighted by molar-refractivity contribution is 9.10. The quantitative estimate of drug-likeness (QED) is 0.631. The van der Waals surface area contributed by atoms with Gasteiger partial charge in [0.1, 0.15) is 0 Å². The lowest BCUT2D eigenvalue weighted by molar-refractivity contribution is 0.566. The van der Waals surface area contributed by atoms with Gasteiger partial charge in [0.05, 0.1) is 0 Å². The van der Waals surface area contributed by atoms with Crippen molar-refractivity contribution in [1.82, 2.24) is 0 Å². The Balaban J connectivity index is 3.30. The molecule has 0 amide bonds. The van der Waals surface area contributed by atoms with Gasteiger partial charge in [0.2, 0.25) is 0 Å². The molecule has 0 N–H and O–H groups in total. The molecular weight excluding hydrogens is 248 g/mol. The van der Waals surface area contributed by atoms with Gasteiger partial charge in [0, 0.05) is 4.47 Å². The number of rotatable bonds is 0. The van der Waals surface area contributed by atoms with Gasteiger partial charge in [0.15, 0.2) is 0 Å². The van der Waals surface area contributed by atoms with Crippen LogP contribution in [0, 0.1) is 6.07 Å². The van der Waals surface area contributed by atoms with Gasteiger partial charge >= 0.3 is 0 Å². The van der Waals surface area contributed by atoms with Crippen LogP contribution in [0.25, 0.3) is 0 Å². The van der Waals surface area contributed by atoms with Crippen LogP contribution in [0.4, 0.5) is 0 Å². The number of hydrogen-bond donors (Lipinski definition) is 0. The average Bonchev–Trinajstić information content (AvgIpc) is 1.99. The minimum absolute atomic E-state index is 0.157. The summed E-state index contributed by atoms with van der Waals surface area (Å²) in [6, 6.07) is 7.86. The van der Waals surface area contributed by atoms with E-state index in [2.05, 4.69) is 75.7 Å². The highest BCUT2D eigenvalue weighted by atomic mass is 79.9. The molecule has 1 aromatic carbocycles. The summed E-state index contributed by atoms with van der Waals surface area (Å²) in [7, 11) is 0. The predicted molar refractivity (Wildman–Crippen MR) is 70.4 cm³/mol. The van der Waals surface area contributed by atoms with E-state index in [4.69, 9.17) is 0 Å². The third-order valence-electron chi connectivity index (χ3n) is 2.45. The molecule has 0 saturated heterocycles. The minimum Gasteiger partial charge on any atom is -0.0561 e. The van der Waals surface area contributed by atoms with Gasteiger partial charge in [0.25, 0.3) is 0 Å². The summed E-state index contributed by atoms with van der Waals surface area (Å²) in [5.74, 6) is 0. The van der Waals surface area contributed by atoms with Crippen molar-refractivity contribution >= 4 is 15.9 Å². The average molecular weight is 268 g/mol. The van der Waals surface area contributed by atoms with Crippen LogP contribution in [0.2, 0.25) is 0 Å². The Kier molecular flexibility index (Phi) is 3.35. The van der Waals surface area contributed by atoms with Crippen LogP contribution in [-0.4, -0.2) is 0 Å². The molecule has 0 fully saturated rings. The van der Waals surface area contributed by atoms with Crippen LogP contribution < -0.4 is 0 Å². The predicted octanol–water partition coefficient (Wildman–Crippen LogP) is 4.84. The van der Waals surface area contributed by atoms with Gasteiger partial charge in [-0.2, -0.15) is 0 Å². The van der Waals surface area contributed by atoms with Crippen LogP contribution >= 0.6 is 15.9 Å². The molecule has 0 aliphatic carbocycles. The van der Waals surface area contributed by atoms with Crippen LogP contribution in [-0.2, 0) is 10.8 Å². The molecular formula is C14H20Br. The molecule has 1 aromatic rings. The normalized spacial score (nSPS) is 13.0. The van der Waals surface area contributed by atoms with E-state index in [0.717, 1.165) is 4.47 Å². The SMILES string of the molecule is CC(C)(C)c1[c]c(C(C)(C)C)cc(Br)c1. The van der Waals surface area contributed by atoms with Crippen LogP contribution in [0.1, 0.15) is 52.7 Å². The monoisotopic (exact) mass is 267 g/mol. The molecule has 0 atom stereocenters. The maximum absolute atomic E-state index is 3.58. The Morgan fingerprint density at radius 3 is 1.47 bits per heavy atom. The maximum atomic E-state index is 3.58. The Hall–Kier alpha value is -0.300. The standard InChI is InChI=1S/C14H20Br/c1-13(2,3)10-7-11(14(4,5)6)9-12(15)8-10/h8-9H,1-6H3. The van der Waals surface area contributed by atoms with Crippen LogP contribution in [0.15, 0.2) is 16.6 Å². The van der Waals surface area contributed by atoms with Crippen molar-refractivity contribution in [3.8, 4) is 0 Å². The molecule has 83 valence electrons. The zero-order chi connectivity index (χ0) is 11.9. The highest BCUT2D eigenvalue weighted by Crippen LogP contribution is 2.31. The molecule has 0 bridgehead atoms. The van der Waals surface area contributed by atoms with Crippen molar-refractivity contribution in [2.45, 2.75) is 52.4 Å². The van der Waals surface area contributed by atoms with Crippen molar-refractivity contribution in [3.63, 3.8) is 0 Å². The maximum Gasteiger partial charge on any atom is 0.0181 e. The first kappa shape index (κ1) is 12.8. The fourth-order valence-corrected chi connectivity index (χ4v) is 1.80. The van der Waals surface area contributed by atoms with Crippen molar-refractivity contribution in [1.29, 1.82) is 0 Å². The number of benzene rings is 1. The molecule has 0 unspecified atom stereocenters. The molecule has 0 aliphatic heterocycles. The van der Waals surface area contributed by atoms with E-state index < -0.39 is 0 Å². The van der Waals surface area contributed by atoms with Crippen molar-refractivity contribution in [2.24, 2.45) is 0 Å². The molecule has 0 heterocycles. The summed E-state index contributed by atoms with van der Waals surface area (Å²) in [4.78, 5) is 0. The molecule has 0 spiro atoms. The first-order chi connectivity index (χ1) is 6.60. The first-order valence-electron chi connectivity index (χ1n) is 5.34. The van der Waals surface area contributed by atoms with Gasteiger partial charge in [-0.3, -0.25) is 0 Å². The summed E-state index contributed by atoms with van der Waals surface area (Å²) in [6.07, 6.45) is 0. The number of halogens is 1. The fraction of sp³-hybridized carbons (Fsp3) is 0.571. The van der Waals surface area contributed by atoms with Crippen molar-refractivity contribution < 1.29 is 0 Å². The Labute approximate surface area is 102 Å². The summed E-state index contributed by atoms with van der Waals surface area (Å²) >= 11 is 3.58. The summed E-state index contributed by atoms with van der Waals surface area (Å²) in [5, 5.41) is 0. The minimum atomic E-state index is 0.157. The zero-order valence-electron chi connectivity index (χ0n) is 10.5. The number of hydrogen-bond acceptors (Lipinski definition) is 0. The Bertz CT molecular complexity index is 318. The molecule has 1 heteroatoms. The van der Waals surface area contributed by atoms with Crippen LogP contribution in [0.3, 0.4) is 0 Å². The third-order valence-corrected chi connectivity index (χ3v) is 2.91. The smallest absolute Gasteiger partial charge is 0.0181 e. The van der Waals surface area contributed by atoms with Crippen molar-refractivity contribution in [3.05, 3.63) is 33.8 Å². The van der Waals surface area contributed by atoms with Gasteiger partial charge < -0.3 is 0 Å². The summed E-state index contributed by atoms with van der Waals surface area (Å²) in [6.45, 7) is 13.3. The lowest BCUT2D eigenvalue weighted by atomic mass is 9.81. The van der Waals surface area contributed by atoms with E-state index in [1.807, 2.05) is 0 Å². The van der Waals surface area contributed by atoms with Crippen molar-refractivity contribution in [2.75, 3.05) is 0 Å². The van der Waals surface area contributed by atoms with E-state index in [1.54, 1.807) is 0 Å². The van der Waals surface area contributed by atoms with E-state index in [-0.39, 0.29) is 10.8 Å². The molecule has 0 nitrogen and oxygen atoms in total. The van der Waals surface area contributed by atoms with Gasteiger partial charge in [-0.25, -0.2) is 0 Å². The lowest BCUT2D eigenvalue weighted by Gasteiger charge is -2.24. The summed E-state index contributed by atoms with van der Waals surface area (Å²) in [5.41, 5.74) is 2.84. The molecule has 0 saturated carbocycles. The van der Waals surface area contributed by atoms with Gasteiger partial charge in [-0.05, 0) is 40.2 Å². The largest absolute Gasteiger partial charge is 0.0561 e. The zero-order valence-corrected chi connectivity index (χ0v) is 12.1.